The summed E-state index contributed by atoms with van der Waals surface area (Å²) in [5.41, 5.74) is 5.01. The van der Waals surface area contributed by atoms with E-state index in [1.807, 2.05) is 0 Å². The van der Waals surface area contributed by atoms with Crippen LogP contribution in [0, 0.1) is 0 Å². The lowest BCUT2D eigenvalue weighted by molar-refractivity contribution is -0.0149. The third kappa shape index (κ3) is 4.52. The summed E-state index contributed by atoms with van der Waals surface area (Å²) in [6.45, 7) is 0.358. The van der Waals surface area contributed by atoms with Gasteiger partial charge in [-0.2, -0.15) is 0 Å². The smallest absolute Gasteiger partial charge is 0.125 e. The molecule has 0 fully saturated rings. The number of hydrogen-bond donors (Lipinski definition) is 2. The maximum absolute atomic E-state index is 10.9. The topological polar surface area (TPSA) is 64.7 Å². The van der Waals surface area contributed by atoms with E-state index in [4.69, 9.17) is 38.4 Å². The lowest BCUT2D eigenvalue weighted by Crippen LogP contribution is -2.35. The van der Waals surface area contributed by atoms with Crippen molar-refractivity contribution in [1.29, 1.82) is 0 Å². The van der Waals surface area contributed by atoms with E-state index in [1.165, 1.54) is 0 Å². The molecule has 2 rings (SSSR count). The van der Waals surface area contributed by atoms with Crippen LogP contribution < -0.4 is 15.2 Å². The molecule has 0 aliphatic rings. The molecule has 2 aromatic carbocycles. The molecule has 0 saturated carbocycles. The highest BCUT2D eigenvalue weighted by Crippen LogP contribution is 2.31. The zero-order valence-corrected chi connectivity index (χ0v) is 14.3. The molecular formula is C17H19Cl2NO3. The number of nitrogens with two attached hydrogens (primary N) is 1. The largest absolute Gasteiger partial charge is 0.497 e. The first-order valence-electron chi connectivity index (χ1n) is 7.13. The molecule has 6 heteroatoms. The first kappa shape index (κ1) is 17.9. The maximum atomic E-state index is 10.9. The van der Waals surface area contributed by atoms with Gasteiger partial charge in [0.1, 0.15) is 23.7 Å². The zero-order chi connectivity index (χ0) is 16.9. The summed E-state index contributed by atoms with van der Waals surface area (Å²) >= 11 is 12.0. The van der Waals surface area contributed by atoms with Gasteiger partial charge in [0.05, 0.1) is 17.2 Å². The summed E-state index contributed by atoms with van der Waals surface area (Å²) in [6, 6.07) is 12.1. The van der Waals surface area contributed by atoms with Crippen molar-refractivity contribution in [3.8, 4) is 11.5 Å². The number of aliphatic hydroxyl groups is 1. The van der Waals surface area contributed by atoms with E-state index < -0.39 is 5.60 Å². The molecule has 0 bridgehead atoms. The number of ether oxygens (including phenoxy) is 2. The Hall–Kier alpha value is -1.46. The molecule has 0 aliphatic carbocycles. The van der Waals surface area contributed by atoms with E-state index >= 15 is 0 Å². The van der Waals surface area contributed by atoms with Gasteiger partial charge in [0, 0.05) is 0 Å². The van der Waals surface area contributed by atoms with Crippen LogP contribution in [-0.4, -0.2) is 25.4 Å². The van der Waals surface area contributed by atoms with Crippen LogP contribution >= 0.6 is 23.2 Å². The molecule has 124 valence electrons. The second-order valence-corrected chi connectivity index (χ2v) is 5.98. The molecule has 0 aromatic heterocycles. The minimum atomic E-state index is -1.25. The third-order valence-electron chi connectivity index (χ3n) is 3.55. The predicted octanol–water partition coefficient (Wildman–Crippen LogP) is 3.62. The van der Waals surface area contributed by atoms with Gasteiger partial charge < -0.3 is 20.3 Å². The van der Waals surface area contributed by atoms with Gasteiger partial charge in [0.2, 0.25) is 0 Å². The van der Waals surface area contributed by atoms with Crippen molar-refractivity contribution in [3.63, 3.8) is 0 Å². The van der Waals surface area contributed by atoms with E-state index in [9.17, 15) is 5.11 Å². The minimum absolute atomic E-state index is 0.0501. The highest BCUT2D eigenvalue weighted by molar-refractivity contribution is 6.42. The summed E-state index contributed by atoms with van der Waals surface area (Å²) in [5, 5.41) is 11.7. The standard InChI is InChI=1S/C17H19Cl2NO3/c1-22-13-3-5-14(6-4-13)23-11-17(21,8-9-20)12-2-7-15(18)16(19)10-12/h2-7,10,21H,8-9,11,20H2,1H3. The van der Waals surface area contributed by atoms with Crippen LogP contribution in [0.25, 0.3) is 0 Å². The quantitative estimate of drug-likeness (QED) is 0.795. The number of halogens is 2. The fraction of sp³-hybridized carbons (Fsp3) is 0.294. The van der Waals surface area contributed by atoms with E-state index in [-0.39, 0.29) is 6.61 Å². The van der Waals surface area contributed by atoms with Crippen molar-refractivity contribution >= 4 is 23.2 Å². The third-order valence-corrected chi connectivity index (χ3v) is 4.29. The van der Waals surface area contributed by atoms with Crippen molar-refractivity contribution < 1.29 is 14.6 Å². The van der Waals surface area contributed by atoms with Crippen LogP contribution in [0.15, 0.2) is 42.5 Å². The second kappa shape index (κ2) is 7.88. The van der Waals surface area contributed by atoms with Gasteiger partial charge in [-0.3, -0.25) is 0 Å². The van der Waals surface area contributed by atoms with E-state index in [2.05, 4.69) is 0 Å². The Bertz CT molecular complexity index is 649. The summed E-state index contributed by atoms with van der Waals surface area (Å²) in [7, 11) is 1.60. The van der Waals surface area contributed by atoms with Crippen LogP contribution in [0.3, 0.4) is 0 Å². The Morgan fingerprint density at radius 1 is 1.04 bits per heavy atom. The molecule has 0 radical (unpaired) electrons. The van der Waals surface area contributed by atoms with E-state index in [1.54, 1.807) is 49.6 Å². The fourth-order valence-electron chi connectivity index (χ4n) is 2.20. The van der Waals surface area contributed by atoms with Crippen LogP contribution in [0.4, 0.5) is 0 Å². The molecule has 4 nitrogen and oxygen atoms in total. The highest BCUT2D eigenvalue weighted by Gasteiger charge is 2.30. The molecular weight excluding hydrogens is 337 g/mol. The first-order chi connectivity index (χ1) is 11.0. The van der Waals surface area contributed by atoms with E-state index in [0.29, 0.717) is 34.3 Å². The van der Waals surface area contributed by atoms with Gasteiger partial charge in [-0.25, -0.2) is 0 Å². The average Bonchev–Trinajstić information content (AvgIpc) is 2.56. The van der Waals surface area contributed by atoms with Crippen molar-refractivity contribution in [1.82, 2.24) is 0 Å². The normalized spacial score (nSPS) is 13.4. The Morgan fingerprint density at radius 2 is 1.70 bits per heavy atom. The number of hydrogen-bond acceptors (Lipinski definition) is 4. The zero-order valence-electron chi connectivity index (χ0n) is 12.8. The summed E-state index contributed by atoms with van der Waals surface area (Å²) in [5.74, 6) is 1.36. The van der Waals surface area contributed by atoms with Crippen molar-refractivity contribution in [2.45, 2.75) is 12.0 Å². The molecule has 3 N–H and O–H groups in total. The van der Waals surface area contributed by atoms with Gasteiger partial charge in [0.25, 0.3) is 0 Å². The summed E-state index contributed by atoms with van der Waals surface area (Å²) in [6.07, 6.45) is 0.334. The monoisotopic (exact) mass is 355 g/mol. The molecule has 23 heavy (non-hydrogen) atoms. The van der Waals surface area contributed by atoms with Gasteiger partial charge in [-0.15, -0.1) is 0 Å². The van der Waals surface area contributed by atoms with Crippen molar-refractivity contribution in [2.24, 2.45) is 5.73 Å². The minimum Gasteiger partial charge on any atom is -0.497 e. The van der Waals surface area contributed by atoms with Crippen LogP contribution in [-0.2, 0) is 5.60 Å². The summed E-state index contributed by atoms with van der Waals surface area (Å²) in [4.78, 5) is 0. The van der Waals surface area contributed by atoms with Gasteiger partial charge in [-0.1, -0.05) is 29.3 Å². The van der Waals surface area contributed by atoms with Gasteiger partial charge >= 0.3 is 0 Å². The Kier molecular flexibility index (Phi) is 6.13. The molecule has 1 atom stereocenters. The summed E-state index contributed by atoms with van der Waals surface area (Å²) < 4.78 is 10.8. The highest BCUT2D eigenvalue weighted by atomic mass is 35.5. The molecule has 0 amide bonds. The van der Waals surface area contributed by atoms with Crippen molar-refractivity contribution in [3.05, 3.63) is 58.1 Å². The first-order valence-corrected chi connectivity index (χ1v) is 7.89. The SMILES string of the molecule is COc1ccc(OCC(O)(CCN)c2ccc(Cl)c(Cl)c2)cc1. The van der Waals surface area contributed by atoms with Crippen LogP contribution in [0.1, 0.15) is 12.0 Å². The molecule has 0 spiro atoms. The average molecular weight is 356 g/mol. The fourth-order valence-corrected chi connectivity index (χ4v) is 2.50. The van der Waals surface area contributed by atoms with Crippen LogP contribution in [0.2, 0.25) is 10.0 Å². The van der Waals surface area contributed by atoms with Gasteiger partial charge in [-0.05, 0) is 54.9 Å². The Morgan fingerprint density at radius 3 is 2.26 bits per heavy atom. The molecule has 0 heterocycles. The molecule has 2 aromatic rings. The van der Waals surface area contributed by atoms with Gasteiger partial charge in [0.15, 0.2) is 0 Å². The van der Waals surface area contributed by atoms with E-state index in [0.717, 1.165) is 5.75 Å². The Balaban J connectivity index is 2.17. The molecule has 0 saturated heterocycles. The number of rotatable bonds is 7. The number of methoxy groups -OCH3 is 1. The Labute approximate surface area is 145 Å². The molecule has 1 unspecified atom stereocenters. The van der Waals surface area contributed by atoms with Crippen molar-refractivity contribution in [2.75, 3.05) is 20.3 Å². The molecule has 0 aliphatic heterocycles. The lowest BCUT2D eigenvalue weighted by Gasteiger charge is -2.28. The van der Waals surface area contributed by atoms with Crippen LogP contribution in [0.5, 0.6) is 11.5 Å². The number of benzene rings is 2. The predicted molar refractivity (Wildman–Crippen MR) is 92.5 cm³/mol. The second-order valence-electron chi connectivity index (χ2n) is 5.16. The maximum Gasteiger partial charge on any atom is 0.125 e. The lowest BCUT2D eigenvalue weighted by atomic mass is 9.91.